The van der Waals surface area contributed by atoms with Crippen molar-refractivity contribution >= 4 is 24.7 Å². The minimum atomic E-state index is -2.68. The highest BCUT2D eigenvalue weighted by Gasteiger charge is 2.51. The Morgan fingerprint density at radius 2 is 1.48 bits per heavy atom. The fraction of sp³-hybridized carbons (Fsp3) is 0.480. The number of carbonyl (C=O) groups is 1. The van der Waals surface area contributed by atoms with E-state index in [1.54, 1.807) is 0 Å². The number of carboxylic acids is 1. The van der Waals surface area contributed by atoms with Gasteiger partial charge < -0.3 is 23.8 Å². The van der Waals surface area contributed by atoms with Gasteiger partial charge in [0.25, 0.3) is 8.32 Å². The highest BCUT2D eigenvalue weighted by atomic mass is 28.4. The molecule has 1 aliphatic rings. The Hall–Kier alpha value is -1.99. The minimum Gasteiger partial charge on any atom is -0.550 e. The molecule has 0 aliphatic carbocycles. The van der Waals surface area contributed by atoms with Gasteiger partial charge in [-0.3, -0.25) is 0 Å². The largest absolute Gasteiger partial charge is 0.550 e. The van der Waals surface area contributed by atoms with Crippen LogP contribution in [0.15, 0.2) is 60.7 Å². The molecule has 1 aliphatic heterocycles. The quantitative estimate of drug-likeness (QED) is 0.618. The molecule has 0 N–H and O–H groups in total. The molecule has 168 valence electrons. The summed E-state index contributed by atoms with van der Waals surface area (Å²) in [6, 6.07) is 20.9. The molecule has 1 saturated heterocycles. The molecule has 5 nitrogen and oxygen atoms in total. The number of carboxylic acid groups (broad SMARTS) is 1. The zero-order chi connectivity index (χ0) is 22.7. The van der Waals surface area contributed by atoms with Crippen LogP contribution in [0.1, 0.15) is 47.5 Å². The SMILES string of the molecule is CC1(C)O[C@H](CO[Si](c2ccccc2)(c2ccccc2)C(C)(C)C)C[C@H](CC(=O)[O-])O1. The van der Waals surface area contributed by atoms with Crippen molar-refractivity contribution in [2.75, 3.05) is 6.61 Å². The molecule has 31 heavy (non-hydrogen) atoms. The zero-order valence-electron chi connectivity index (χ0n) is 19.1. The lowest BCUT2D eigenvalue weighted by Gasteiger charge is -2.46. The Bertz CT molecular complexity index is 821. The summed E-state index contributed by atoms with van der Waals surface area (Å²) in [6.07, 6.45) is -0.422. The number of ether oxygens (including phenoxy) is 2. The first kappa shape index (κ1) is 23.7. The Morgan fingerprint density at radius 3 is 1.94 bits per heavy atom. The van der Waals surface area contributed by atoms with Crippen LogP contribution < -0.4 is 15.5 Å². The lowest BCUT2D eigenvalue weighted by molar-refractivity contribution is -0.324. The van der Waals surface area contributed by atoms with Gasteiger partial charge in [0.1, 0.15) is 0 Å². The standard InChI is InChI=1S/C25H34O5Si/c1-24(2,3)31(21-12-8-6-9-13-21,22-14-10-7-11-15-22)28-18-20-16-19(17-23(26)27)29-25(4,5)30-20/h6-15,19-20H,16-18H2,1-5H3,(H,26,27)/p-1/t19-,20+/m1/s1. The topological polar surface area (TPSA) is 67.8 Å². The van der Waals surface area contributed by atoms with Crippen molar-refractivity contribution in [3.8, 4) is 0 Å². The molecule has 0 radical (unpaired) electrons. The summed E-state index contributed by atoms with van der Waals surface area (Å²) >= 11 is 0. The zero-order valence-corrected chi connectivity index (χ0v) is 20.1. The predicted molar refractivity (Wildman–Crippen MR) is 122 cm³/mol. The maximum Gasteiger partial charge on any atom is 0.261 e. The molecule has 0 bridgehead atoms. The Labute approximate surface area is 186 Å². The van der Waals surface area contributed by atoms with E-state index in [2.05, 4.69) is 69.3 Å². The molecule has 0 amide bonds. The molecule has 0 spiro atoms. The van der Waals surface area contributed by atoms with Crippen molar-refractivity contribution in [2.24, 2.45) is 0 Å². The number of hydrogen-bond acceptors (Lipinski definition) is 5. The van der Waals surface area contributed by atoms with Crippen LogP contribution in [0.2, 0.25) is 5.04 Å². The maximum atomic E-state index is 11.1. The van der Waals surface area contributed by atoms with Crippen LogP contribution in [0.25, 0.3) is 0 Å². The molecular weight excluding hydrogens is 408 g/mol. The Morgan fingerprint density at radius 1 is 1.00 bits per heavy atom. The second-order valence-electron chi connectivity index (χ2n) is 9.67. The lowest BCUT2D eigenvalue weighted by Crippen LogP contribution is -2.67. The van der Waals surface area contributed by atoms with Gasteiger partial charge in [-0.15, -0.1) is 0 Å². The summed E-state index contributed by atoms with van der Waals surface area (Å²) in [5, 5.41) is 13.4. The van der Waals surface area contributed by atoms with E-state index in [9.17, 15) is 9.90 Å². The van der Waals surface area contributed by atoms with Gasteiger partial charge in [-0.05, 0) is 29.3 Å². The molecule has 2 aromatic carbocycles. The molecule has 6 heteroatoms. The minimum absolute atomic E-state index is 0.138. The molecule has 0 aromatic heterocycles. The smallest absolute Gasteiger partial charge is 0.261 e. The van der Waals surface area contributed by atoms with Gasteiger partial charge in [-0.1, -0.05) is 81.4 Å². The summed E-state index contributed by atoms with van der Waals surface area (Å²) in [6.45, 7) is 10.7. The molecule has 2 atom stereocenters. The van der Waals surface area contributed by atoms with Crippen molar-refractivity contribution in [1.82, 2.24) is 0 Å². The number of aliphatic carboxylic acids is 1. The highest BCUT2D eigenvalue weighted by molar-refractivity contribution is 6.99. The second-order valence-corrected chi connectivity index (χ2v) is 14.0. The van der Waals surface area contributed by atoms with E-state index in [1.807, 2.05) is 26.0 Å². The first-order chi connectivity index (χ1) is 14.5. The van der Waals surface area contributed by atoms with Crippen LogP contribution in [0, 0.1) is 0 Å². The first-order valence-electron chi connectivity index (χ1n) is 10.8. The maximum absolute atomic E-state index is 11.1. The van der Waals surface area contributed by atoms with Gasteiger partial charge in [0.2, 0.25) is 0 Å². The van der Waals surface area contributed by atoms with E-state index in [4.69, 9.17) is 13.9 Å². The molecular formula is C25H33O5Si-. The van der Waals surface area contributed by atoms with Crippen LogP contribution in [0.5, 0.6) is 0 Å². The molecule has 2 aromatic rings. The van der Waals surface area contributed by atoms with Gasteiger partial charge in [0.05, 0.1) is 18.8 Å². The van der Waals surface area contributed by atoms with Gasteiger partial charge in [0.15, 0.2) is 5.79 Å². The van der Waals surface area contributed by atoms with E-state index in [1.165, 1.54) is 10.4 Å². The van der Waals surface area contributed by atoms with Crippen LogP contribution in [-0.2, 0) is 18.7 Å². The van der Waals surface area contributed by atoms with Crippen molar-refractivity contribution in [3.05, 3.63) is 60.7 Å². The van der Waals surface area contributed by atoms with Crippen molar-refractivity contribution in [1.29, 1.82) is 0 Å². The summed E-state index contributed by atoms with van der Waals surface area (Å²) in [4.78, 5) is 11.1. The highest BCUT2D eigenvalue weighted by Crippen LogP contribution is 2.37. The van der Waals surface area contributed by atoms with Gasteiger partial charge in [-0.25, -0.2) is 0 Å². The molecule has 1 fully saturated rings. The summed E-state index contributed by atoms with van der Waals surface area (Å²) in [7, 11) is -2.68. The van der Waals surface area contributed by atoms with E-state index in [0.717, 1.165) is 0 Å². The molecule has 3 rings (SSSR count). The average molecular weight is 442 g/mol. The first-order valence-corrected chi connectivity index (χ1v) is 12.7. The normalized spacial score (nSPS) is 21.6. The van der Waals surface area contributed by atoms with Gasteiger partial charge in [0, 0.05) is 18.8 Å². The number of rotatable bonds is 7. The number of hydrogen-bond donors (Lipinski definition) is 0. The summed E-state index contributed by atoms with van der Waals surface area (Å²) in [5.41, 5.74) is 0. The van der Waals surface area contributed by atoms with Crippen molar-refractivity contribution < 1.29 is 23.8 Å². The fourth-order valence-electron chi connectivity index (χ4n) is 4.61. The average Bonchev–Trinajstić information content (AvgIpc) is 2.67. The fourth-order valence-corrected chi connectivity index (χ4v) is 9.20. The van der Waals surface area contributed by atoms with Crippen LogP contribution >= 0.6 is 0 Å². The number of benzene rings is 2. The van der Waals surface area contributed by atoms with Crippen LogP contribution in [0.3, 0.4) is 0 Å². The summed E-state index contributed by atoms with van der Waals surface area (Å²) < 4.78 is 18.9. The van der Waals surface area contributed by atoms with Crippen molar-refractivity contribution in [3.63, 3.8) is 0 Å². The second kappa shape index (κ2) is 9.24. The molecule has 0 saturated carbocycles. The van der Waals surface area contributed by atoms with E-state index in [-0.39, 0.29) is 17.6 Å². The lowest BCUT2D eigenvalue weighted by atomic mass is 10.1. The van der Waals surface area contributed by atoms with Crippen LogP contribution in [0.4, 0.5) is 0 Å². The van der Waals surface area contributed by atoms with Gasteiger partial charge in [-0.2, -0.15) is 0 Å². The van der Waals surface area contributed by atoms with Crippen LogP contribution in [-0.4, -0.2) is 38.9 Å². The molecule has 1 heterocycles. The monoisotopic (exact) mass is 441 g/mol. The summed E-state index contributed by atoms with van der Waals surface area (Å²) in [5.74, 6) is -1.99. The molecule has 0 unspecified atom stereocenters. The van der Waals surface area contributed by atoms with Crippen molar-refractivity contribution in [2.45, 2.75) is 70.5 Å². The third-order valence-corrected chi connectivity index (χ3v) is 10.7. The van der Waals surface area contributed by atoms with E-state index >= 15 is 0 Å². The van der Waals surface area contributed by atoms with E-state index < -0.39 is 26.2 Å². The Kier molecular flexibility index (Phi) is 7.06. The third-order valence-electron chi connectivity index (χ3n) is 5.72. The predicted octanol–water partition coefficient (Wildman–Crippen LogP) is 2.61. The van der Waals surface area contributed by atoms with E-state index in [0.29, 0.717) is 13.0 Å². The Balaban J connectivity index is 1.95. The van der Waals surface area contributed by atoms with Gasteiger partial charge >= 0.3 is 0 Å². The third kappa shape index (κ3) is 5.44. The number of carbonyl (C=O) groups excluding carboxylic acids is 1.